The SMILES string of the molecule is CC(=O)N1CCc2cc(-c3cc(NC(=O)C4(c5ccc6c(c5)OCO6)CC4)ccc3C)ccc21. The monoisotopic (exact) mass is 454 g/mol. The van der Waals surface area contributed by atoms with Gasteiger partial charge in [0.1, 0.15) is 0 Å². The van der Waals surface area contributed by atoms with E-state index in [1.807, 2.05) is 47.4 Å². The number of ether oxygens (including phenoxy) is 2. The molecule has 1 saturated carbocycles. The summed E-state index contributed by atoms with van der Waals surface area (Å²) >= 11 is 0. The first-order chi connectivity index (χ1) is 16.4. The molecule has 6 rings (SSSR count). The van der Waals surface area contributed by atoms with Gasteiger partial charge in [-0.05, 0) is 90.4 Å². The molecular formula is C28H26N2O4. The number of carbonyl (C=O) groups is 2. The van der Waals surface area contributed by atoms with Crippen molar-refractivity contribution < 1.29 is 19.1 Å². The third-order valence-electron chi connectivity index (χ3n) is 7.27. The largest absolute Gasteiger partial charge is 0.454 e. The molecule has 1 aliphatic carbocycles. The van der Waals surface area contributed by atoms with Crippen LogP contribution in [0.1, 0.15) is 36.5 Å². The molecule has 0 spiro atoms. The van der Waals surface area contributed by atoms with E-state index < -0.39 is 5.41 Å². The highest BCUT2D eigenvalue weighted by molar-refractivity contribution is 6.02. The van der Waals surface area contributed by atoms with Crippen molar-refractivity contribution in [2.24, 2.45) is 0 Å². The number of fused-ring (bicyclic) bond motifs is 2. The van der Waals surface area contributed by atoms with Crippen molar-refractivity contribution in [3.8, 4) is 22.6 Å². The first kappa shape index (κ1) is 20.8. The van der Waals surface area contributed by atoms with Gasteiger partial charge in [-0.2, -0.15) is 0 Å². The summed E-state index contributed by atoms with van der Waals surface area (Å²) in [5, 5.41) is 3.16. The van der Waals surface area contributed by atoms with Gasteiger partial charge in [-0.15, -0.1) is 0 Å². The van der Waals surface area contributed by atoms with Crippen molar-refractivity contribution in [1.82, 2.24) is 0 Å². The maximum Gasteiger partial charge on any atom is 0.235 e. The Labute approximate surface area is 198 Å². The lowest BCUT2D eigenvalue weighted by molar-refractivity contribution is -0.118. The van der Waals surface area contributed by atoms with Crippen LogP contribution in [0.25, 0.3) is 11.1 Å². The zero-order chi connectivity index (χ0) is 23.4. The van der Waals surface area contributed by atoms with Crippen molar-refractivity contribution in [3.05, 3.63) is 71.3 Å². The molecular weight excluding hydrogens is 428 g/mol. The van der Waals surface area contributed by atoms with Crippen LogP contribution >= 0.6 is 0 Å². The minimum Gasteiger partial charge on any atom is -0.454 e. The normalized spacial score (nSPS) is 16.8. The summed E-state index contributed by atoms with van der Waals surface area (Å²) in [5.41, 5.74) is 6.72. The van der Waals surface area contributed by atoms with Crippen LogP contribution in [0, 0.1) is 6.92 Å². The molecule has 3 aromatic rings. The van der Waals surface area contributed by atoms with Crippen LogP contribution in [-0.4, -0.2) is 25.2 Å². The van der Waals surface area contributed by atoms with Crippen molar-refractivity contribution >= 4 is 23.2 Å². The quantitative estimate of drug-likeness (QED) is 0.604. The lowest BCUT2D eigenvalue weighted by atomic mass is 9.94. The number of benzene rings is 3. The smallest absolute Gasteiger partial charge is 0.235 e. The molecule has 2 aliphatic heterocycles. The molecule has 3 aliphatic rings. The number of nitrogens with one attached hydrogen (secondary N) is 1. The van der Waals surface area contributed by atoms with Crippen LogP contribution < -0.4 is 19.7 Å². The van der Waals surface area contributed by atoms with Gasteiger partial charge in [0.15, 0.2) is 11.5 Å². The van der Waals surface area contributed by atoms with Gasteiger partial charge in [-0.3, -0.25) is 9.59 Å². The number of anilines is 2. The Morgan fingerprint density at radius 2 is 1.79 bits per heavy atom. The fourth-order valence-electron chi connectivity index (χ4n) is 5.12. The molecule has 0 atom stereocenters. The summed E-state index contributed by atoms with van der Waals surface area (Å²) < 4.78 is 10.9. The third kappa shape index (κ3) is 3.33. The van der Waals surface area contributed by atoms with E-state index in [0.29, 0.717) is 5.75 Å². The molecule has 172 valence electrons. The van der Waals surface area contributed by atoms with Crippen molar-refractivity contribution in [2.75, 3.05) is 23.6 Å². The van der Waals surface area contributed by atoms with E-state index in [4.69, 9.17) is 9.47 Å². The lowest BCUT2D eigenvalue weighted by Crippen LogP contribution is -2.27. The molecule has 2 amide bonds. The van der Waals surface area contributed by atoms with E-state index in [1.54, 1.807) is 6.92 Å². The molecule has 6 heteroatoms. The van der Waals surface area contributed by atoms with Crippen molar-refractivity contribution in [1.29, 1.82) is 0 Å². The Hall–Kier alpha value is -3.80. The summed E-state index contributed by atoms with van der Waals surface area (Å²) in [5.74, 6) is 1.51. The second-order valence-corrected chi connectivity index (χ2v) is 9.40. The third-order valence-corrected chi connectivity index (χ3v) is 7.27. The average Bonchev–Trinajstić information content (AvgIpc) is 3.32. The number of carbonyl (C=O) groups excluding carboxylic acids is 2. The lowest BCUT2D eigenvalue weighted by Gasteiger charge is -2.18. The second kappa shape index (κ2) is 7.62. The summed E-state index contributed by atoms with van der Waals surface area (Å²) in [6.45, 7) is 4.63. The summed E-state index contributed by atoms with van der Waals surface area (Å²) in [6, 6.07) is 18.1. The summed E-state index contributed by atoms with van der Waals surface area (Å²) in [4.78, 5) is 27.1. The van der Waals surface area contributed by atoms with E-state index in [1.165, 1.54) is 5.56 Å². The number of aryl methyl sites for hydroxylation is 1. The van der Waals surface area contributed by atoms with Gasteiger partial charge < -0.3 is 19.7 Å². The first-order valence-corrected chi connectivity index (χ1v) is 11.7. The van der Waals surface area contributed by atoms with Crippen LogP contribution in [-0.2, 0) is 21.4 Å². The predicted molar refractivity (Wildman–Crippen MR) is 130 cm³/mol. The standard InChI is InChI=1S/C28H26N2O4/c1-17-3-6-22(15-23(17)19-4-7-24-20(13-19)9-12-30(24)18(2)31)29-27(32)28(10-11-28)21-5-8-25-26(14-21)34-16-33-25/h3-8,13-15H,9-12,16H2,1-2H3,(H,29,32). The maximum atomic E-state index is 13.4. The fraction of sp³-hybridized carbons (Fsp3) is 0.286. The number of hydrogen-bond acceptors (Lipinski definition) is 4. The first-order valence-electron chi connectivity index (χ1n) is 11.7. The molecule has 6 nitrogen and oxygen atoms in total. The number of amides is 2. The summed E-state index contributed by atoms with van der Waals surface area (Å²) in [7, 11) is 0. The molecule has 0 aromatic heterocycles. The Bertz CT molecular complexity index is 1340. The van der Waals surface area contributed by atoms with Crippen LogP contribution in [0.5, 0.6) is 11.5 Å². The highest BCUT2D eigenvalue weighted by Gasteiger charge is 2.51. The fourth-order valence-corrected chi connectivity index (χ4v) is 5.12. The van der Waals surface area contributed by atoms with Crippen LogP contribution in [0.4, 0.5) is 11.4 Å². The number of hydrogen-bond donors (Lipinski definition) is 1. The van der Waals surface area contributed by atoms with E-state index >= 15 is 0 Å². The van der Waals surface area contributed by atoms with E-state index in [-0.39, 0.29) is 18.6 Å². The van der Waals surface area contributed by atoms with Crippen molar-refractivity contribution in [3.63, 3.8) is 0 Å². The predicted octanol–water partition coefficient (Wildman–Crippen LogP) is 4.97. The molecule has 3 aromatic carbocycles. The van der Waals surface area contributed by atoms with E-state index in [0.717, 1.165) is 65.2 Å². The molecule has 1 fully saturated rings. The highest BCUT2D eigenvalue weighted by Crippen LogP contribution is 2.51. The minimum absolute atomic E-state index is 0.00669. The molecule has 0 unspecified atom stereocenters. The van der Waals surface area contributed by atoms with Gasteiger partial charge in [-0.1, -0.05) is 18.2 Å². The van der Waals surface area contributed by atoms with Gasteiger partial charge >= 0.3 is 0 Å². The average molecular weight is 455 g/mol. The maximum absolute atomic E-state index is 13.4. The highest BCUT2D eigenvalue weighted by atomic mass is 16.7. The molecule has 2 heterocycles. The Morgan fingerprint density at radius 1 is 0.971 bits per heavy atom. The molecule has 1 N–H and O–H groups in total. The molecule has 34 heavy (non-hydrogen) atoms. The topological polar surface area (TPSA) is 67.9 Å². The van der Waals surface area contributed by atoms with Crippen molar-refractivity contribution in [2.45, 2.75) is 38.5 Å². The van der Waals surface area contributed by atoms with Gasteiger partial charge in [0.2, 0.25) is 18.6 Å². The van der Waals surface area contributed by atoms with Gasteiger partial charge in [0.25, 0.3) is 0 Å². The van der Waals surface area contributed by atoms with Gasteiger partial charge in [-0.25, -0.2) is 0 Å². The second-order valence-electron chi connectivity index (χ2n) is 9.40. The van der Waals surface area contributed by atoms with Crippen LogP contribution in [0.2, 0.25) is 0 Å². The zero-order valence-electron chi connectivity index (χ0n) is 19.3. The Kier molecular flexibility index (Phi) is 4.66. The number of rotatable bonds is 4. The zero-order valence-corrected chi connectivity index (χ0v) is 19.3. The summed E-state index contributed by atoms with van der Waals surface area (Å²) in [6.07, 6.45) is 2.49. The van der Waals surface area contributed by atoms with E-state index in [2.05, 4.69) is 24.4 Å². The molecule has 0 saturated heterocycles. The number of nitrogens with zero attached hydrogens (tertiary/aromatic N) is 1. The van der Waals surface area contributed by atoms with Crippen LogP contribution in [0.3, 0.4) is 0 Å². The Morgan fingerprint density at radius 3 is 2.59 bits per heavy atom. The van der Waals surface area contributed by atoms with Gasteiger partial charge in [0, 0.05) is 24.8 Å². The molecule has 0 bridgehead atoms. The minimum atomic E-state index is -0.518. The Balaban J connectivity index is 1.26. The van der Waals surface area contributed by atoms with Crippen LogP contribution in [0.15, 0.2) is 54.6 Å². The molecule has 0 radical (unpaired) electrons. The van der Waals surface area contributed by atoms with Gasteiger partial charge in [0.05, 0.1) is 5.41 Å². The van der Waals surface area contributed by atoms with E-state index in [9.17, 15) is 9.59 Å².